The van der Waals surface area contributed by atoms with E-state index in [0.29, 0.717) is 22.0 Å². The molecule has 3 nitrogen and oxygen atoms in total. The van der Waals surface area contributed by atoms with E-state index in [4.69, 9.17) is 23.2 Å². The van der Waals surface area contributed by atoms with E-state index in [1.807, 2.05) is 18.2 Å². The maximum Gasteiger partial charge on any atom is 0.261 e. The number of carbonyl (C=O) groups excluding carboxylic acids is 1. The molecule has 4 aliphatic rings. The van der Waals surface area contributed by atoms with E-state index in [-0.39, 0.29) is 11.4 Å². The summed E-state index contributed by atoms with van der Waals surface area (Å²) in [5.74, 6) is 0.688. The van der Waals surface area contributed by atoms with Crippen molar-refractivity contribution >= 4 is 50.5 Å². The van der Waals surface area contributed by atoms with Crippen LogP contribution in [0.3, 0.4) is 0 Å². The van der Waals surface area contributed by atoms with E-state index in [1.165, 1.54) is 50.1 Å². The van der Waals surface area contributed by atoms with E-state index in [9.17, 15) is 4.79 Å². The Morgan fingerprint density at radius 3 is 2.58 bits per heavy atom. The lowest BCUT2D eigenvalue weighted by Crippen LogP contribution is -2.65. The highest BCUT2D eigenvalue weighted by Crippen LogP contribution is 2.53. The molecule has 0 unspecified atom stereocenters. The third kappa shape index (κ3) is 2.23. The van der Waals surface area contributed by atoms with Gasteiger partial charge in [-0.1, -0.05) is 23.2 Å². The SMILES string of the molecule is O=C(N[C@@H]1C2CCN(CC2)C12CC2)c1cc2cc(Cl)c(Cl)cc2s1. The zero-order valence-electron chi connectivity index (χ0n) is 13.1. The zero-order valence-corrected chi connectivity index (χ0v) is 15.5. The molecule has 126 valence electrons. The first-order chi connectivity index (χ1) is 11.6. The molecule has 1 aliphatic carbocycles. The second kappa shape index (κ2) is 5.34. The molecule has 1 N–H and O–H groups in total. The van der Waals surface area contributed by atoms with Gasteiger partial charge in [-0.25, -0.2) is 0 Å². The molecule has 24 heavy (non-hydrogen) atoms. The highest BCUT2D eigenvalue weighted by Gasteiger charge is 2.60. The molecular formula is C18H18Cl2N2OS. The Morgan fingerprint density at radius 1 is 1.17 bits per heavy atom. The number of thiophene rings is 1. The Morgan fingerprint density at radius 2 is 1.88 bits per heavy atom. The van der Waals surface area contributed by atoms with Crippen molar-refractivity contribution in [3.63, 3.8) is 0 Å². The van der Waals surface area contributed by atoms with Crippen molar-refractivity contribution in [2.75, 3.05) is 13.1 Å². The summed E-state index contributed by atoms with van der Waals surface area (Å²) >= 11 is 13.7. The Hall–Kier alpha value is -0.810. The molecule has 1 saturated carbocycles. The molecule has 1 spiro atoms. The summed E-state index contributed by atoms with van der Waals surface area (Å²) in [7, 11) is 0. The van der Waals surface area contributed by atoms with Crippen molar-refractivity contribution < 1.29 is 4.79 Å². The third-order valence-corrected chi connectivity index (χ3v) is 7.87. The fourth-order valence-electron chi connectivity index (χ4n) is 4.68. The first-order valence-electron chi connectivity index (χ1n) is 8.51. The molecule has 4 heterocycles. The van der Waals surface area contributed by atoms with Crippen LogP contribution >= 0.6 is 34.5 Å². The van der Waals surface area contributed by atoms with Gasteiger partial charge in [0, 0.05) is 10.2 Å². The fraction of sp³-hybridized carbons (Fsp3) is 0.500. The van der Waals surface area contributed by atoms with Gasteiger partial charge in [0.25, 0.3) is 5.91 Å². The molecule has 2 aromatic rings. The average Bonchev–Trinajstić information content (AvgIpc) is 3.25. The number of hydrogen-bond donors (Lipinski definition) is 1. The molecule has 1 aromatic heterocycles. The molecular weight excluding hydrogens is 363 g/mol. The minimum atomic E-state index is 0.0495. The summed E-state index contributed by atoms with van der Waals surface area (Å²) in [5, 5.41) is 5.42. The number of piperidine rings is 3. The number of nitrogens with zero attached hydrogens (tertiary/aromatic N) is 1. The lowest BCUT2D eigenvalue weighted by molar-refractivity contribution is -0.00138. The standard InChI is InChI=1S/C18H18Cl2N2OS/c19-12-7-11-8-15(24-14(11)9-13(12)20)17(23)21-16-10-1-5-22(6-2-10)18(16)3-4-18/h7-10,16H,1-6H2,(H,21,23)/t16-/m1/s1. The van der Waals surface area contributed by atoms with Crippen LogP contribution < -0.4 is 5.32 Å². The van der Waals surface area contributed by atoms with Crippen molar-refractivity contribution in [2.24, 2.45) is 5.92 Å². The summed E-state index contributed by atoms with van der Waals surface area (Å²) in [5.41, 5.74) is 0.264. The molecule has 1 aromatic carbocycles. The van der Waals surface area contributed by atoms with Gasteiger partial charge in [-0.15, -0.1) is 11.3 Å². The molecule has 6 heteroatoms. The van der Waals surface area contributed by atoms with E-state index in [2.05, 4.69) is 10.2 Å². The fourth-order valence-corrected chi connectivity index (χ4v) is 6.07. The third-order valence-electron chi connectivity index (χ3n) is 6.05. The Labute approximate surface area is 154 Å². The normalized spacial score (nSPS) is 30.0. The van der Waals surface area contributed by atoms with Gasteiger partial charge in [0.1, 0.15) is 0 Å². The predicted octanol–water partition coefficient (Wildman–Crippen LogP) is 4.56. The minimum Gasteiger partial charge on any atom is -0.346 e. The predicted molar refractivity (Wildman–Crippen MR) is 99.4 cm³/mol. The Balaban J connectivity index is 1.43. The van der Waals surface area contributed by atoms with Gasteiger partial charge >= 0.3 is 0 Å². The van der Waals surface area contributed by atoms with Gasteiger partial charge in [0.15, 0.2) is 0 Å². The van der Waals surface area contributed by atoms with E-state index < -0.39 is 0 Å². The topological polar surface area (TPSA) is 32.3 Å². The maximum absolute atomic E-state index is 12.9. The van der Waals surface area contributed by atoms with Crippen LogP contribution in [0.25, 0.3) is 10.1 Å². The van der Waals surface area contributed by atoms with Crippen molar-refractivity contribution in [3.05, 3.63) is 33.1 Å². The number of hydrogen-bond acceptors (Lipinski definition) is 3. The highest BCUT2D eigenvalue weighted by atomic mass is 35.5. The van der Waals surface area contributed by atoms with Crippen LogP contribution in [0.15, 0.2) is 18.2 Å². The average molecular weight is 381 g/mol. The van der Waals surface area contributed by atoms with Crippen LogP contribution in [0.4, 0.5) is 0 Å². The van der Waals surface area contributed by atoms with Crippen molar-refractivity contribution in [2.45, 2.75) is 37.3 Å². The summed E-state index contributed by atoms with van der Waals surface area (Å²) in [6.45, 7) is 2.41. The smallest absolute Gasteiger partial charge is 0.261 e. The Bertz CT molecular complexity index is 798. The zero-order chi connectivity index (χ0) is 16.5. The number of rotatable bonds is 2. The summed E-state index contributed by atoms with van der Waals surface area (Å²) in [6, 6.07) is 5.92. The van der Waals surface area contributed by atoms with Crippen LogP contribution in [-0.2, 0) is 0 Å². The van der Waals surface area contributed by atoms with Crippen molar-refractivity contribution in [3.8, 4) is 0 Å². The number of amides is 1. The Kier molecular flexibility index (Phi) is 3.44. The first kappa shape index (κ1) is 15.4. The van der Waals surface area contributed by atoms with Gasteiger partial charge in [-0.3, -0.25) is 9.69 Å². The first-order valence-corrected chi connectivity index (χ1v) is 10.1. The van der Waals surface area contributed by atoms with E-state index >= 15 is 0 Å². The highest BCUT2D eigenvalue weighted by molar-refractivity contribution is 7.20. The molecule has 0 radical (unpaired) electrons. The number of benzene rings is 1. The number of nitrogens with one attached hydrogen (secondary N) is 1. The van der Waals surface area contributed by atoms with Gasteiger partial charge in [0.2, 0.25) is 0 Å². The lowest BCUT2D eigenvalue weighted by atomic mass is 9.77. The monoisotopic (exact) mass is 380 g/mol. The quantitative estimate of drug-likeness (QED) is 0.827. The van der Waals surface area contributed by atoms with Crippen LogP contribution in [0.2, 0.25) is 10.0 Å². The number of carbonyl (C=O) groups is 1. The summed E-state index contributed by atoms with van der Waals surface area (Å²) in [4.78, 5) is 16.2. The van der Waals surface area contributed by atoms with Crippen LogP contribution in [-0.4, -0.2) is 35.5 Å². The second-order valence-corrected chi connectivity index (χ2v) is 9.19. The molecule has 1 amide bonds. The maximum atomic E-state index is 12.9. The lowest BCUT2D eigenvalue weighted by Gasteiger charge is -2.52. The van der Waals surface area contributed by atoms with Crippen LogP contribution in [0.5, 0.6) is 0 Å². The van der Waals surface area contributed by atoms with Gasteiger partial charge < -0.3 is 5.32 Å². The van der Waals surface area contributed by atoms with Crippen molar-refractivity contribution in [1.29, 1.82) is 0 Å². The molecule has 6 rings (SSSR count). The number of halogens is 2. The molecule has 1 atom stereocenters. The molecule has 4 fully saturated rings. The van der Waals surface area contributed by atoms with Crippen molar-refractivity contribution in [1.82, 2.24) is 10.2 Å². The van der Waals surface area contributed by atoms with Gasteiger partial charge in [0.05, 0.1) is 21.0 Å². The summed E-state index contributed by atoms with van der Waals surface area (Å²) < 4.78 is 1.00. The van der Waals surface area contributed by atoms with Crippen LogP contribution in [0, 0.1) is 5.92 Å². The van der Waals surface area contributed by atoms with E-state index in [0.717, 1.165) is 15.0 Å². The van der Waals surface area contributed by atoms with Gasteiger partial charge in [-0.05, 0) is 68.3 Å². The number of fused-ring (bicyclic) bond motifs is 3. The van der Waals surface area contributed by atoms with Gasteiger partial charge in [-0.2, -0.15) is 0 Å². The van der Waals surface area contributed by atoms with E-state index in [1.54, 1.807) is 0 Å². The largest absolute Gasteiger partial charge is 0.346 e. The molecule has 3 saturated heterocycles. The summed E-state index contributed by atoms with van der Waals surface area (Å²) in [6.07, 6.45) is 4.88. The van der Waals surface area contributed by atoms with Crippen LogP contribution in [0.1, 0.15) is 35.4 Å². The molecule has 2 bridgehead atoms. The second-order valence-electron chi connectivity index (χ2n) is 7.29. The minimum absolute atomic E-state index is 0.0495. The molecule has 3 aliphatic heterocycles.